The van der Waals surface area contributed by atoms with E-state index in [0.29, 0.717) is 27.7 Å². The Morgan fingerprint density at radius 3 is 2.41 bits per heavy atom. The molecule has 0 bridgehead atoms. The van der Waals surface area contributed by atoms with Gasteiger partial charge in [0.1, 0.15) is 5.75 Å². The van der Waals surface area contributed by atoms with Crippen LogP contribution in [0.5, 0.6) is 5.75 Å². The molecule has 34 heavy (non-hydrogen) atoms. The molecule has 0 aromatic heterocycles. The largest absolute Gasteiger partial charge is 0.484 e. The molecule has 9 heteroatoms. The van der Waals surface area contributed by atoms with Gasteiger partial charge in [-0.1, -0.05) is 35.9 Å². The maximum atomic E-state index is 12.1. The number of carbonyl (C=O) groups excluding carboxylic acids is 3. The smallest absolute Gasteiger partial charge is 0.329 e. The van der Waals surface area contributed by atoms with Gasteiger partial charge in [-0.25, -0.2) is 5.43 Å². The van der Waals surface area contributed by atoms with Gasteiger partial charge in [0.15, 0.2) is 6.61 Å². The molecule has 0 fully saturated rings. The summed E-state index contributed by atoms with van der Waals surface area (Å²) in [6.07, 6.45) is 1.36. The SMILES string of the molecule is Cc1ccc(NC(=O)C(=O)N/N=C\c2cccc(OCC(=O)Nc3cccc(Cl)c3)c2)cc1C. The average Bonchev–Trinajstić information content (AvgIpc) is 2.80. The van der Waals surface area contributed by atoms with Crippen LogP contribution in [0.15, 0.2) is 71.8 Å². The van der Waals surface area contributed by atoms with E-state index in [1.165, 1.54) is 6.21 Å². The Morgan fingerprint density at radius 2 is 1.65 bits per heavy atom. The highest BCUT2D eigenvalue weighted by molar-refractivity contribution is 6.39. The lowest BCUT2D eigenvalue weighted by Gasteiger charge is -2.08. The lowest BCUT2D eigenvalue weighted by atomic mass is 10.1. The van der Waals surface area contributed by atoms with E-state index in [-0.39, 0.29) is 12.5 Å². The summed E-state index contributed by atoms with van der Waals surface area (Å²) in [6, 6.07) is 18.9. The standard InChI is InChI=1S/C25H23ClN4O4/c1-16-9-10-21(11-17(16)2)29-24(32)25(33)30-27-14-18-5-3-8-22(12-18)34-15-23(31)28-20-7-4-6-19(26)13-20/h3-14H,15H2,1-2H3,(H,28,31)(H,29,32)(H,30,33)/b27-14-. The second-order valence-corrected chi connectivity index (χ2v) is 7.81. The van der Waals surface area contributed by atoms with Crippen LogP contribution in [0.4, 0.5) is 11.4 Å². The number of ether oxygens (including phenoxy) is 1. The third kappa shape index (κ3) is 7.46. The highest BCUT2D eigenvalue weighted by Gasteiger charge is 2.13. The summed E-state index contributed by atoms with van der Waals surface area (Å²) in [7, 11) is 0. The Hall–Kier alpha value is -4.17. The van der Waals surface area contributed by atoms with Crippen molar-refractivity contribution >= 4 is 46.9 Å². The predicted octanol–water partition coefficient (Wildman–Crippen LogP) is 4.06. The Labute approximate surface area is 202 Å². The molecule has 0 heterocycles. The van der Waals surface area contributed by atoms with Crippen molar-refractivity contribution < 1.29 is 19.1 Å². The molecule has 3 amide bonds. The normalized spacial score (nSPS) is 10.6. The molecule has 174 valence electrons. The Bertz CT molecular complexity index is 1240. The van der Waals surface area contributed by atoms with Crippen LogP contribution in [0.3, 0.4) is 0 Å². The van der Waals surface area contributed by atoms with Gasteiger partial charge in [-0.15, -0.1) is 0 Å². The zero-order chi connectivity index (χ0) is 24.5. The Kier molecular flexibility index (Phi) is 8.37. The van der Waals surface area contributed by atoms with Crippen LogP contribution in [-0.4, -0.2) is 30.5 Å². The monoisotopic (exact) mass is 478 g/mol. The van der Waals surface area contributed by atoms with Crippen molar-refractivity contribution in [3.8, 4) is 5.75 Å². The van der Waals surface area contributed by atoms with Crippen LogP contribution in [0, 0.1) is 13.8 Å². The van der Waals surface area contributed by atoms with E-state index < -0.39 is 11.8 Å². The van der Waals surface area contributed by atoms with Crippen LogP contribution >= 0.6 is 11.6 Å². The fraction of sp³-hybridized carbons (Fsp3) is 0.120. The lowest BCUT2D eigenvalue weighted by molar-refractivity contribution is -0.136. The van der Waals surface area contributed by atoms with E-state index in [1.807, 2.05) is 19.9 Å². The number of aryl methyl sites for hydroxylation is 2. The topological polar surface area (TPSA) is 109 Å². The molecule has 0 aliphatic rings. The first-order valence-corrected chi connectivity index (χ1v) is 10.7. The molecule has 0 atom stereocenters. The third-order valence-corrected chi connectivity index (χ3v) is 4.92. The number of rotatable bonds is 7. The fourth-order valence-corrected chi connectivity index (χ4v) is 3.01. The third-order valence-electron chi connectivity index (χ3n) is 4.69. The number of hydrogen-bond donors (Lipinski definition) is 3. The second kappa shape index (κ2) is 11.6. The van der Waals surface area contributed by atoms with Crippen molar-refractivity contribution in [3.63, 3.8) is 0 Å². The minimum atomic E-state index is -0.903. The Morgan fingerprint density at radius 1 is 0.882 bits per heavy atom. The van der Waals surface area contributed by atoms with Crippen LogP contribution in [0.2, 0.25) is 5.02 Å². The van der Waals surface area contributed by atoms with Crippen LogP contribution < -0.4 is 20.8 Å². The van der Waals surface area contributed by atoms with Crippen molar-refractivity contribution in [2.75, 3.05) is 17.2 Å². The summed E-state index contributed by atoms with van der Waals surface area (Å²) >= 11 is 5.90. The van der Waals surface area contributed by atoms with Crippen molar-refractivity contribution in [1.82, 2.24) is 5.43 Å². The van der Waals surface area contributed by atoms with Crippen LogP contribution in [0.25, 0.3) is 0 Å². The summed E-state index contributed by atoms with van der Waals surface area (Å²) in [5.74, 6) is -1.64. The maximum Gasteiger partial charge on any atom is 0.329 e. The van der Waals surface area contributed by atoms with Gasteiger partial charge >= 0.3 is 11.8 Å². The van der Waals surface area contributed by atoms with E-state index in [9.17, 15) is 14.4 Å². The molecule has 0 saturated heterocycles. The molecule has 0 spiro atoms. The molecule has 3 aromatic rings. The number of nitrogens with zero attached hydrogens (tertiary/aromatic N) is 1. The van der Waals surface area contributed by atoms with Gasteiger partial charge in [0.25, 0.3) is 5.91 Å². The molecule has 8 nitrogen and oxygen atoms in total. The molecule has 0 aliphatic heterocycles. The molecular weight excluding hydrogens is 456 g/mol. The summed E-state index contributed by atoms with van der Waals surface area (Å²) in [4.78, 5) is 36.1. The number of hydrazone groups is 1. The van der Waals surface area contributed by atoms with Gasteiger partial charge in [0, 0.05) is 16.4 Å². The average molecular weight is 479 g/mol. The zero-order valence-corrected chi connectivity index (χ0v) is 19.3. The van der Waals surface area contributed by atoms with E-state index in [1.54, 1.807) is 60.7 Å². The quantitative estimate of drug-likeness (QED) is 0.270. The number of amides is 3. The van der Waals surface area contributed by atoms with Crippen molar-refractivity contribution in [2.24, 2.45) is 5.10 Å². The minimum Gasteiger partial charge on any atom is -0.484 e. The molecule has 0 radical (unpaired) electrons. The van der Waals surface area contributed by atoms with E-state index in [2.05, 4.69) is 21.2 Å². The fourth-order valence-electron chi connectivity index (χ4n) is 2.82. The summed E-state index contributed by atoms with van der Waals surface area (Å²) in [5.41, 5.74) is 5.96. The summed E-state index contributed by atoms with van der Waals surface area (Å²) < 4.78 is 5.50. The summed E-state index contributed by atoms with van der Waals surface area (Å²) in [5, 5.41) is 9.53. The molecular formula is C25H23ClN4O4. The number of nitrogens with one attached hydrogen (secondary N) is 3. The van der Waals surface area contributed by atoms with E-state index >= 15 is 0 Å². The van der Waals surface area contributed by atoms with Crippen molar-refractivity contribution in [2.45, 2.75) is 13.8 Å². The van der Waals surface area contributed by atoms with Crippen molar-refractivity contribution in [1.29, 1.82) is 0 Å². The van der Waals surface area contributed by atoms with E-state index in [4.69, 9.17) is 16.3 Å². The molecule has 0 aliphatic carbocycles. The van der Waals surface area contributed by atoms with Gasteiger partial charge in [-0.05, 0) is 73.0 Å². The molecule has 3 rings (SSSR count). The highest BCUT2D eigenvalue weighted by atomic mass is 35.5. The summed E-state index contributed by atoms with van der Waals surface area (Å²) in [6.45, 7) is 3.67. The van der Waals surface area contributed by atoms with Gasteiger partial charge < -0.3 is 15.4 Å². The second-order valence-electron chi connectivity index (χ2n) is 7.37. The number of hydrogen-bond acceptors (Lipinski definition) is 5. The van der Waals surface area contributed by atoms with Gasteiger partial charge in [-0.2, -0.15) is 5.10 Å². The van der Waals surface area contributed by atoms with E-state index in [0.717, 1.165) is 11.1 Å². The molecule has 0 saturated carbocycles. The molecule has 3 aromatic carbocycles. The van der Waals surface area contributed by atoms with Gasteiger partial charge in [0.05, 0.1) is 6.21 Å². The number of benzene rings is 3. The van der Waals surface area contributed by atoms with Gasteiger partial charge in [0.2, 0.25) is 0 Å². The first kappa shape index (κ1) is 24.5. The van der Waals surface area contributed by atoms with Crippen molar-refractivity contribution in [3.05, 3.63) is 88.4 Å². The highest BCUT2D eigenvalue weighted by Crippen LogP contribution is 2.16. The van der Waals surface area contributed by atoms with Crippen LogP contribution in [0.1, 0.15) is 16.7 Å². The Balaban J connectivity index is 1.48. The van der Waals surface area contributed by atoms with Crippen LogP contribution in [-0.2, 0) is 14.4 Å². The first-order chi connectivity index (χ1) is 16.3. The first-order valence-electron chi connectivity index (χ1n) is 10.3. The lowest BCUT2D eigenvalue weighted by Crippen LogP contribution is -2.32. The molecule has 3 N–H and O–H groups in total. The number of anilines is 2. The molecule has 0 unspecified atom stereocenters. The number of carbonyl (C=O) groups is 3. The van der Waals surface area contributed by atoms with Gasteiger partial charge in [-0.3, -0.25) is 14.4 Å². The number of halogens is 1. The predicted molar refractivity (Wildman–Crippen MR) is 132 cm³/mol. The maximum absolute atomic E-state index is 12.1. The minimum absolute atomic E-state index is 0.206. The zero-order valence-electron chi connectivity index (χ0n) is 18.6.